The third-order valence-corrected chi connectivity index (χ3v) is 3.45. The average Bonchev–Trinajstić information content (AvgIpc) is 2.46. The summed E-state index contributed by atoms with van der Waals surface area (Å²) < 4.78 is 66.2. The first-order valence-corrected chi connectivity index (χ1v) is 6.03. The Kier molecular flexibility index (Phi) is 4.20. The molecule has 0 heterocycles. The lowest BCUT2D eigenvalue weighted by molar-refractivity contribution is 0.102. The summed E-state index contributed by atoms with van der Waals surface area (Å²) in [5, 5.41) is -0.459. The van der Waals surface area contributed by atoms with Crippen LogP contribution < -0.4 is 0 Å². The summed E-state index contributed by atoms with van der Waals surface area (Å²) in [5.41, 5.74) is -2.07. The van der Waals surface area contributed by atoms with E-state index in [1.54, 1.807) is 0 Å². The van der Waals surface area contributed by atoms with E-state index < -0.39 is 46.0 Å². The zero-order valence-corrected chi connectivity index (χ0v) is 11.3. The fourth-order valence-electron chi connectivity index (χ4n) is 1.62. The van der Waals surface area contributed by atoms with Crippen LogP contribution in [0.25, 0.3) is 0 Å². The van der Waals surface area contributed by atoms with Crippen molar-refractivity contribution in [3.63, 3.8) is 0 Å². The third-order valence-electron chi connectivity index (χ3n) is 2.63. The second-order valence-corrected chi connectivity index (χ2v) is 4.66. The van der Waals surface area contributed by atoms with Crippen LogP contribution in [0.3, 0.4) is 0 Å². The molecular formula is C13H3Cl2F5O. The number of ketones is 1. The summed E-state index contributed by atoms with van der Waals surface area (Å²) in [7, 11) is 0. The smallest absolute Gasteiger partial charge is 0.200 e. The minimum atomic E-state index is -2.35. The second kappa shape index (κ2) is 5.61. The average molecular weight is 341 g/mol. The molecule has 0 aliphatic heterocycles. The molecule has 0 N–H and O–H groups in total. The molecule has 2 rings (SSSR count). The predicted molar refractivity (Wildman–Crippen MR) is 66.1 cm³/mol. The van der Waals surface area contributed by atoms with E-state index >= 15 is 0 Å². The highest BCUT2D eigenvalue weighted by atomic mass is 35.5. The van der Waals surface area contributed by atoms with Crippen molar-refractivity contribution >= 4 is 29.0 Å². The Balaban J connectivity index is 2.73. The molecule has 110 valence electrons. The van der Waals surface area contributed by atoms with Gasteiger partial charge in [0.15, 0.2) is 23.3 Å². The van der Waals surface area contributed by atoms with Crippen LogP contribution in [0.15, 0.2) is 18.2 Å². The fraction of sp³-hybridized carbons (Fsp3) is 0. The molecule has 0 atom stereocenters. The van der Waals surface area contributed by atoms with E-state index in [9.17, 15) is 26.7 Å². The number of carbonyl (C=O) groups excluding carboxylic acids is 1. The molecular weight excluding hydrogens is 338 g/mol. The molecule has 0 radical (unpaired) electrons. The Morgan fingerprint density at radius 3 is 1.81 bits per heavy atom. The molecule has 0 saturated carbocycles. The SMILES string of the molecule is O=C(c1cccc(Cl)c1Cl)c1c(F)c(F)c(F)c(F)c1F. The Bertz CT molecular complexity index is 732. The van der Waals surface area contributed by atoms with Gasteiger partial charge in [-0.3, -0.25) is 4.79 Å². The predicted octanol–water partition coefficient (Wildman–Crippen LogP) is 4.92. The first-order valence-electron chi connectivity index (χ1n) is 5.27. The minimum absolute atomic E-state index is 0.105. The van der Waals surface area contributed by atoms with E-state index in [0.29, 0.717) is 0 Å². The maximum absolute atomic E-state index is 13.6. The highest BCUT2D eigenvalue weighted by Crippen LogP contribution is 2.30. The molecule has 21 heavy (non-hydrogen) atoms. The topological polar surface area (TPSA) is 17.1 Å². The van der Waals surface area contributed by atoms with E-state index in [1.165, 1.54) is 12.1 Å². The van der Waals surface area contributed by atoms with Gasteiger partial charge in [-0.15, -0.1) is 0 Å². The van der Waals surface area contributed by atoms with Crippen molar-refractivity contribution in [1.82, 2.24) is 0 Å². The number of halogens is 7. The second-order valence-electron chi connectivity index (χ2n) is 3.88. The van der Waals surface area contributed by atoms with E-state index in [4.69, 9.17) is 23.2 Å². The van der Waals surface area contributed by atoms with Crippen molar-refractivity contribution in [3.8, 4) is 0 Å². The third kappa shape index (κ3) is 2.49. The number of carbonyl (C=O) groups is 1. The largest absolute Gasteiger partial charge is 0.288 e. The van der Waals surface area contributed by atoms with Crippen LogP contribution in [0.1, 0.15) is 15.9 Å². The number of rotatable bonds is 2. The van der Waals surface area contributed by atoms with Gasteiger partial charge in [0.05, 0.1) is 10.0 Å². The maximum Gasteiger partial charge on any atom is 0.200 e. The molecule has 1 nitrogen and oxygen atoms in total. The van der Waals surface area contributed by atoms with Crippen molar-refractivity contribution in [3.05, 3.63) is 68.5 Å². The van der Waals surface area contributed by atoms with Crippen LogP contribution in [-0.2, 0) is 0 Å². The van der Waals surface area contributed by atoms with Gasteiger partial charge < -0.3 is 0 Å². The molecule has 0 bridgehead atoms. The summed E-state index contributed by atoms with van der Waals surface area (Å²) in [4.78, 5) is 12.0. The lowest BCUT2D eigenvalue weighted by Gasteiger charge is -2.09. The molecule has 0 fully saturated rings. The minimum Gasteiger partial charge on any atom is -0.288 e. The first kappa shape index (κ1) is 15.7. The van der Waals surface area contributed by atoms with Gasteiger partial charge in [0.1, 0.15) is 5.56 Å². The molecule has 0 amide bonds. The number of benzene rings is 2. The van der Waals surface area contributed by atoms with Crippen molar-refractivity contribution in [2.45, 2.75) is 0 Å². The van der Waals surface area contributed by atoms with E-state index in [-0.39, 0.29) is 10.0 Å². The van der Waals surface area contributed by atoms with Gasteiger partial charge in [-0.1, -0.05) is 29.3 Å². The van der Waals surface area contributed by atoms with Crippen molar-refractivity contribution in [1.29, 1.82) is 0 Å². The van der Waals surface area contributed by atoms with E-state index in [0.717, 1.165) is 6.07 Å². The molecule has 0 aromatic heterocycles. The highest BCUT2D eigenvalue weighted by molar-refractivity contribution is 6.44. The van der Waals surface area contributed by atoms with E-state index in [2.05, 4.69) is 0 Å². The Hall–Kier alpha value is -1.66. The molecule has 2 aromatic carbocycles. The zero-order valence-electron chi connectivity index (χ0n) is 9.79. The molecule has 0 unspecified atom stereocenters. The van der Waals surface area contributed by atoms with Gasteiger partial charge in [0, 0.05) is 5.56 Å². The summed E-state index contributed by atoms with van der Waals surface area (Å²) >= 11 is 11.3. The van der Waals surface area contributed by atoms with Crippen molar-refractivity contribution in [2.75, 3.05) is 0 Å². The first-order chi connectivity index (χ1) is 9.77. The van der Waals surface area contributed by atoms with E-state index in [1.807, 2.05) is 0 Å². The van der Waals surface area contributed by atoms with Crippen LogP contribution in [0.5, 0.6) is 0 Å². The molecule has 0 aliphatic carbocycles. The molecule has 8 heteroatoms. The van der Waals surface area contributed by atoms with Crippen LogP contribution in [0.2, 0.25) is 10.0 Å². The quantitative estimate of drug-likeness (QED) is 0.328. The van der Waals surface area contributed by atoms with Gasteiger partial charge in [-0.05, 0) is 12.1 Å². The Labute approximate surface area is 124 Å². The van der Waals surface area contributed by atoms with Crippen LogP contribution in [-0.4, -0.2) is 5.78 Å². The van der Waals surface area contributed by atoms with Gasteiger partial charge in [-0.2, -0.15) is 0 Å². The molecule has 0 aliphatic rings. The van der Waals surface area contributed by atoms with Crippen LogP contribution in [0, 0.1) is 29.1 Å². The van der Waals surface area contributed by atoms with Gasteiger partial charge in [-0.25, -0.2) is 22.0 Å². The van der Waals surface area contributed by atoms with Crippen molar-refractivity contribution in [2.24, 2.45) is 0 Å². The van der Waals surface area contributed by atoms with Crippen LogP contribution >= 0.6 is 23.2 Å². The van der Waals surface area contributed by atoms with Gasteiger partial charge >= 0.3 is 0 Å². The maximum atomic E-state index is 13.6. The zero-order chi connectivity index (χ0) is 15.9. The molecule has 0 spiro atoms. The lowest BCUT2D eigenvalue weighted by Crippen LogP contribution is -2.14. The lowest BCUT2D eigenvalue weighted by atomic mass is 10.0. The highest BCUT2D eigenvalue weighted by Gasteiger charge is 2.31. The fourth-order valence-corrected chi connectivity index (χ4v) is 2.00. The Morgan fingerprint density at radius 1 is 0.810 bits per heavy atom. The normalized spacial score (nSPS) is 10.8. The summed E-state index contributed by atoms with van der Waals surface area (Å²) in [6, 6.07) is 3.58. The van der Waals surface area contributed by atoms with Gasteiger partial charge in [0.25, 0.3) is 0 Å². The summed E-state index contributed by atoms with van der Waals surface area (Å²) in [6.07, 6.45) is 0. The molecule has 2 aromatic rings. The van der Waals surface area contributed by atoms with Crippen LogP contribution in [0.4, 0.5) is 22.0 Å². The number of hydrogen-bond donors (Lipinski definition) is 0. The van der Waals surface area contributed by atoms with Gasteiger partial charge in [0.2, 0.25) is 11.6 Å². The number of hydrogen-bond acceptors (Lipinski definition) is 1. The standard InChI is InChI=1S/C13H3Cl2F5O/c14-5-3-1-2-4(7(5)15)13(21)6-8(16)10(18)12(20)11(19)9(6)17/h1-3H. The monoisotopic (exact) mass is 340 g/mol. The molecule has 0 saturated heterocycles. The Morgan fingerprint density at radius 2 is 1.29 bits per heavy atom. The summed E-state index contributed by atoms with van der Waals surface area (Å²) in [5.74, 6) is -12.7. The summed E-state index contributed by atoms with van der Waals surface area (Å²) in [6.45, 7) is 0. The van der Waals surface area contributed by atoms with Crippen molar-refractivity contribution < 1.29 is 26.7 Å².